The van der Waals surface area contributed by atoms with Gasteiger partial charge in [0.2, 0.25) is 5.70 Å². The molecule has 4 heterocycles. The highest BCUT2D eigenvalue weighted by Crippen LogP contribution is 2.26. The molecule has 0 atom stereocenters. The van der Waals surface area contributed by atoms with Crippen LogP contribution < -0.4 is 5.32 Å². The maximum Gasteiger partial charge on any atom is 0.328 e. The summed E-state index contributed by atoms with van der Waals surface area (Å²) < 4.78 is 3.99. The van der Waals surface area contributed by atoms with Gasteiger partial charge in [-0.1, -0.05) is 23.7 Å². The molecule has 0 bridgehead atoms. The van der Waals surface area contributed by atoms with E-state index in [1.54, 1.807) is 0 Å². The maximum atomic E-state index is 4.83. The molecule has 1 aromatic rings. The Morgan fingerprint density at radius 2 is 2.11 bits per heavy atom. The molecule has 0 unspecified atom stereocenters. The second-order valence-corrected chi connectivity index (χ2v) is 8.16. The number of azo groups is 2. The van der Waals surface area contributed by atoms with Crippen LogP contribution in [0.2, 0.25) is 0 Å². The van der Waals surface area contributed by atoms with Crippen molar-refractivity contribution in [1.29, 1.82) is 0 Å². The van der Waals surface area contributed by atoms with E-state index in [-0.39, 0.29) is 0 Å². The smallest absolute Gasteiger partial charge is 0.328 e. The average molecular weight is 369 g/mol. The first-order valence-electron chi connectivity index (χ1n) is 10.0. The molecule has 7 nitrogen and oxygen atoms in total. The molecule has 3 aliphatic heterocycles. The number of piperidine rings is 1. The van der Waals surface area contributed by atoms with Crippen LogP contribution in [0, 0.1) is 5.92 Å². The van der Waals surface area contributed by atoms with Crippen LogP contribution >= 0.6 is 0 Å². The van der Waals surface area contributed by atoms with Crippen molar-refractivity contribution < 1.29 is 4.70 Å². The van der Waals surface area contributed by atoms with Gasteiger partial charge >= 0.3 is 5.84 Å². The molecule has 3 aliphatic rings. The summed E-state index contributed by atoms with van der Waals surface area (Å²) in [6.45, 7) is 7.70. The number of hydrogen-bond donors (Lipinski definition) is 1. The Morgan fingerprint density at radius 3 is 2.89 bits per heavy atom. The molecule has 27 heavy (non-hydrogen) atoms. The molecule has 0 aliphatic carbocycles. The minimum atomic E-state index is 0.503. The summed E-state index contributed by atoms with van der Waals surface area (Å²) in [7, 11) is 2.19. The number of aryl methyl sites for hydroxylation is 1. The Bertz CT molecular complexity index is 804. The van der Waals surface area contributed by atoms with Crippen molar-refractivity contribution in [1.82, 2.24) is 20.0 Å². The van der Waals surface area contributed by atoms with Crippen molar-refractivity contribution in [3.05, 3.63) is 36.1 Å². The summed E-state index contributed by atoms with van der Waals surface area (Å²) in [5.41, 5.74) is 2.08. The van der Waals surface area contributed by atoms with Gasteiger partial charge < -0.3 is 10.2 Å². The Kier molecular flexibility index (Phi) is 5.20. The van der Waals surface area contributed by atoms with Crippen molar-refractivity contribution in [3.63, 3.8) is 0 Å². The van der Waals surface area contributed by atoms with Gasteiger partial charge in [-0.15, -0.1) is 0 Å². The third-order valence-corrected chi connectivity index (χ3v) is 5.43. The molecule has 144 valence electrons. The molecule has 0 aromatic carbocycles. The largest absolute Gasteiger partial charge is 0.364 e. The lowest BCUT2D eigenvalue weighted by molar-refractivity contribution is -0.379. The lowest BCUT2D eigenvalue weighted by Gasteiger charge is -2.30. The quantitative estimate of drug-likeness (QED) is 0.785. The second kappa shape index (κ2) is 7.76. The number of aliphatic imine (C=N–C) groups is 1. The second-order valence-electron chi connectivity index (χ2n) is 8.16. The molecule has 4 rings (SSSR count). The van der Waals surface area contributed by atoms with Crippen molar-refractivity contribution in [2.45, 2.75) is 52.1 Å². The van der Waals surface area contributed by atoms with Gasteiger partial charge in [-0.3, -0.25) is 4.68 Å². The third-order valence-electron chi connectivity index (χ3n) is 5.43. The predicted octanol–water partition coefficient (Wildman–Crippen LogP) is 3.03. The van der Waals surface area contributed by atoms with Crippen molar-refractivity contribution in [3.8, 4) is 0 Å². The number of hydrogen-bond acceptors (Lipinski definition) is 5. The van der Waals surface area contributed by atoms with Crippen LogP contribution in [0.3, 0.4) is 0 Å². The fourth-order valence-electron chi connectivity index (χ4n) is 3.63. The number of aromatic nitrogens is 2. The highest BCUT2D eigenvalue weighted by Gasteiger charge is 2.32. The number of amidine groups is 1. The van der Waals surface area contributed by atoms with Crippen LogP contribution in [-0.4, -0.2) is 51.4 Å². The van der Waals surface area contributed by atoms with E-state index < -0.39 is 0 Å². The van der Waals surface area contributed by atoms with Crippen LogP contribution in [-0.2, 0) is 6.54 Å². The van der Waals surface area contributed by atoms with E-state index in [9.17, 15) is 0 Å². The van der Waals surface area contributed by atoms with Crippen LogP contribution in [0.1, 0.15) is 45.1 Å². The zero-order chi connectivity index (χ0) is 18.8. The maximum absolute atomic E-state index is 4.83. The third kappa shape index (κ3) is 4.18. The summed E-state index contributed by atoms with van der Waals surface area (Å²) in [6.07, 6.45) is 12.3. The van der Waals surface area contributed by atoms with E-state index >= 15 is 0 Å². The van der Waals surface area contributed by atoms with Crippen LogP contribution in [0.25, 0.3) is 5.70 Å². The minimum absolute atomic E-state index is 0.503. The first-order chi connectivity index (χ1) is 13.1. The van der Waals surface area contributed by atoms with Gasteiger partial charge in [0.25, 0.3) is 0 Å². The molecule has 0 radical (unpaired) electrons. The Balaban J connectivity index is 1.44. The molecule has 0 saturated carbocycles. The highest BCUT2D eigenvalue weighted by atomic mass is 15.4. The Morgan fingerprint density at radius 1 is 1.30 bits per heavy atom. The zero-order valence-electron chi connectivity index (χ0n) is 16.6. The Hall–Kier alpha value is -2.28. The number of nitrogens with one attached hydrogen (secondary N) is 1. The Labute approximate surface area is 161 Å². The first-order valence-corrected chi connectivity index (χ1v) is 10.0. The molecular weight excluding hydrogens is 338 g/mol. The number of nitrogens with zero attached hydrogens (tertiary/aromatic N) is 6. The lowest BCUT2D eigenvalue weighted by atomic mass is 10.1. The van der Waals surface area contributed by atoms with Crippen molar-refractivity contribution in [2.75, 3.05) is 20.1 Å². The minimum Gasteiger partial charge on any atom is -0.364 e. The molecule has 0 spiro atoms. The first kappa shape index (κ1) is 18.1. The molecule has 1 saturated heterocycles. The van der Waals surface area contributed by atoms with E-state index in [0.717, 1.165) is 68.2 Å². The molecule has 1 N–H and O–H groups in total. The summed E-state index contributed by atoms with van der Waals surface area (Å²) >= 11 is 0. The van der Waals surface area contributed by atoms with Gasteiger partial charge in [0.15, 0.2) is 12.0 Å². The molecule has 1 aromatic heterocycles. The normalized spacial score (nSPS) is 20.9. The van der Waals surface area contributed by atoms with Crippen molar-refractivity contribution in [2.24, 2.45) is 16.0 Å². The topological polar surface area (TPSA) is 60.8 Å². The highest BCUT2D eigenvalue weighted by molar-refractivity contribution is 5.85. The zero-order valence-corrected chi connectivity index (χ0v) is 16.6. The van der Waals surface area contributed by atoms with Crippen LogP contribution in [0.5, 0.6) is 0 Å². The van der Waals surface area contributed by atoms with Crippen LogP contribution in [0.4, 0.5) is 0 Å². The van der Waals surface area contributed by atoms with E-state index in [1.807, 2.05) is 21.8 Å². The SMILES string of the molecule is CC(C)CCn1cc(C2=CN=C3CC=C(NC4CCN(C)CC4)N=[N+]23)cn1. The van der Waals surface area contributed by atoms with Gasteiger partial charge in [0, 0.05) is 18.8 Å². The molecule has 7 heteroatoms. The van der Waals surface area contributed by atoms with Gasteiger partial charge in [0.1, 0.15) is 0 Å². The predicted molar refractivity (Wildman–Crippen MR) is 106 cm³/mol. The molecular formula is C20H30N7+. The van der Waals surface area contributed by atoms with Crippen molar-refractivity contribution >= 4 is 11.5 Å². The van der Waals surface area contributed by atoms with Gasteiger partial charge in [-0.2, -0.15) is 5.10 Å². The van der Waals surface area contributed by atoms with Crippen LogP contribution in [0.15, 0.2) is 40.6 Å². The summed E-state index contributed by atoms with van der Waals surface area (Å²) in [4.78, 5) is 6.94. The monoisotopic (exact) mass is 368 g/mol. The summed E-state index contributed by atoms with van der Waals surface area (Å²) in [5.74, 6) is 2.62. The molecule has 1 fully saturated rings. The van der Waals surface area contributed by atoms with E-state index in [0.29, 0.717) is 12.0 Å². The fourth-order valence-corrected chi connectivity index (χ4v) is 3.63. The number of likely N-dealkylation sites (tertiary alicyclic amines) is 1. The average Bonchev–Trinajstić information content (AvgIpc) is 3.28. The van der Waals surface area contributed by atoms with E-state index in [1.165, 1.54) is 0 Å². The lowest BCUT2D eigenvalue weighted by Crippen LogP contribution is -2.40. The van der Waals surface area contributed by atoms with Gasteiger partial charge in [-0.05, 0) is 56.4 Å². The van der Waals surface area contributed by atoms with E-state index in [4.69, 9.17) is 5.11 Å². The fraction of sp³-hybridized carbons (Fsp3) is 0.600. The number of rotatable bonds is 6. The number of fused-ring (bicyclic) bond motifs is 1. The summed E-state index contributed by atoms with van der Waals surface area (Å²) in [5, 5.41) is 13.0. The van der Waals surface area contributed by atoms with Gasteiger partial charge in [0.05, 0.1) is 18.2 Å². The summed E-state index contributed by atoms with van der Waals surface area (Å²) in [6, 6.07) is 0.503. The van der Waals surface area contributed by atoms with Gasteiger partial charge in [-0.25, -0.2) is 0 Å². The standard InChI is InChI=1S/C20H30N7/c1-15(2)6-11-26-14-16(12-22-26)18-13-21-20-5-4-19(24-27(18)20)23-17-7-9-25(3)10-8-17/h4,12-15,17,23H,5-11H2,1-3H3/q+1. The molecule has 0 amide bonds. The van der Waals surface area contributed by atoms with E-state index in [2.05, 4.69) is 53.5 Å².